The van der Waals surface area contributed by atoms with E-state index in [1.54, 1.807) is 0 Å². The van der Waals surface area contributed by atoms with E-state index in [0.717, 1.165) is 32.9 Å². The van der Waals surface area contributed by atoms with Gasteiger partial charge >= 0.3 is 0 Å². The summed E-state index contributed by atoms with van der Waals surface area (Å²) in [5, 5.41) is 27.8. The van der Waals surface area contributed by atoms with Crippen LogP contribution in [-0.4, -0.2) is 18.3 Å². The van der Waals surface area contributed by atoms with Crippen LogP contribution in [-0.2, 0) is 0 Å². The monoisotopic (exact) mass is 1090 g/mol. The molecule has 0 aliphatic heterocycles. The first-order valence-corrected chi connectivity index (χ1v) is 27.3. The molecule has 7 heteroatoms. The van der Waals surface area contributed by atoms with Gasteiger partial charge in [0.2, 0.25) is 0 Å². The van der Waals surface area contributed by atoms with E-state index in [0.29, 0.717) is 43.9 Å². The predicted octanol–water partition coefficient (Wildman–Crippen LogP) is 20.2. The number of fused-ring (bicyclic) bond motifs is 19. The van der Waals surface area contributed by atoms with Crippen molar-refractivity contribution in [1.82, 2.24) is 18.3 Å². The van der Waals surface area contributed by atoms with Gasteiger partial charge in [-0.05, 0) is 87.2 Å². The van der Waals surface area contributed by atoms with Gasteiger partial charge in [-0.15, -0.1) is 11.3 Å². The van der Waals surface area contributed by atoms with Crippen LogP contribution in [0.25, 0.3) is 163 Å². The average Bonchev–Trinajstić information content (AvgIpc) is 1.58. The van der Waals surface area contributed by atoms with Gasteiger partial charge in [-0.1, -0.05) is 200 Å². The largest absolute Gasteiger partial charge is 0.306 e. The van der Waals surface area contributed by atoms with Crippen LogP contribution in [0.3, 0.4) is 0 Å². The number of hydrogen-bond acceptors (Lipinski definition) is 3. The Morgan fingerprint density at radius 2 is 0.723 bits per heavy atom. The maximum Gasteiger partial charge on any atom is 0.104 e. The SMILES string of the molecule is [2H]c1c([2H])c([2H])c2c(sc3c2c([2H])c([2H])c2c4c([2H])c([2H])c(-c5c([2H])c6c([2H])c([2H])c([2H])c([2H])c6c6c([2H])c([2H])c([2H])c([2H])c56)c([2H])c4n(-c4c(C#N)c(-n5c6ccccc6c6ccccc65)c(-n5c6ccccc6c6ccccc65)c(C#N)c4-n4c5ccccc5c5ccccc54)c32)c1[2H]. The van der Waals surface area contributed by atoms with Crippen LogP contribution < -0.4 is 0 Å². The topological polar surface area (TPSA) is 67.3 Å². The molecule has 83 heavy (non-hydrogen) atoms. The fourth-order valence-electron chi connectivity index (χ4n) is 12.9. The first kappa shape index (κ1) is 31.5. The van der Waals surface area contributed by atoms with E-state index >= 15 is 0 Å². The second kappa shape index (κ2) is 17.1. The van der Waals surface area contributed by atoms with Crippen molar-refractivity contribution in [3.8, 4) is 46.0 Å². The molecule has 0 aliphatic carbocycles. The third-order valence-electron chi connectivity index (χ3n) is 16.2. The minimum Gasteiger partial charge on any atom is -0.306 e. The fourth-order valence-corrected chi connectivity index (χ4v) is 14.0. The molecule has 0 atom stereocenters. The fraction of sp³-hybridized carbons (Fsp3) is 0. The van der Waals surface area contributed by atoms with E-state index in [1.165, 1.54) is 4.57 Å². The summed E-state index contributed by atoms with van der Waals surface area (Å²) in [5.74, 6) is 0. The van der Waals surface area contributed by atoms with Crippen molar-refractivity contribution in [3.05, 3.63) is 265 Å². The molecule has 0 saturated heterocycles. The molecular formula is C76H42N6S. The van der Waals surface area contributed by atoms with Crippen molar-refractivity contribution < 1.29 is 24.7 Å². The normalized spacial score (nSPS) is 15.1. The summed E-state index contributed by atoms with van der Waals surface area (Å²) in [6, 6.07) is 37.5. The van der Waals surface area contributed by atoms with Crippen molar-refractivity contribution in [2.24, 2.45) is 0 Å². The van der Waals surface area contributed by atoms with E-state index in [9.17, 15) is 27.0 Å². The number of benzene rings is 13. The summed E-state index contributed by atoms with van der Waals surface area (Å²) >= 11 is 0.823. The summed E-state index contributed by atoms with van der Waals surface area (Å²) in [6.07, 6.45) is 0. The van der Waals surface area contributed by atoms with Gasteiger partial charge < -0.3 is 18.3 Å². The molecule has 0 fully saturated rings. The molecule has 18 aromatic rings. The lowest BCUT2D eigenvalue weighted by atomic mass is 9.93. The Kier molecular flexibility index (Phi) is 6.51. The van der Waals surface area contributed by atoms with Gasteiger partial charge in [0.25, 0.3) is 0 Å². The number of nitriles is 2. The predicted molar refractivity (Wildman–Crippen MR) is 347 cm³/mol. The van der Waals surface area contributed by atoms with Gasteiger partial charge in [0.05, 0.1) is 96.3 Å². The third kappa shape index (κ3) is 6.13. The minimum absolute atomic E-state index is 0.00557. The Bertz CT molecular complexity index is 6950. The summed E-state index contributed by atoms with van der Waals surface area (Å²) in [7, 11) is 0. The highest BCUT2D eigenvalue weighted by Crippen LogP contribution is 2.51. The molecule has 18 rings (SSSR count). The van der Waals surface area contributed by atoms with Gasteiger partial charge in [-0.2, -0.15) is 10.5 Å². The lowest BCUT2D eigenvalue weighted by Crippen LogP contribution is -2.16. The number of thiophene rings is 1. The summed E-state index contributed by atoms with van der Waals surface area (Å²) in [4.78, 5) is 0. The van der Waals surface area contributed by atoms with Crippen molar-refractivity contribution >= 4 is 140 Å². The summed E-state index contributed by atoms with van der Waals surface area (Å²) in [6.45, 7) is 0. The molecule has 6 nitrogen and oxygen atoms in total. The Hall–Kier alpha value is -11.2. The molecular weight excluding hydrogens is 1030 g/mol. The summed E-state index contributed by atoms with van der Waals surface area (Å²) < 4.78 is 181. The number of para-hydroxylation sites is 6. The first-order valence-electron chi connectivity index (χ1n) is 35.5. The quantitative estimate of drug-likeness (QED) is 0.161. The van der Waals surface area contributed by atoms with Gasteiger partial charge in [-0.25, -0.2) is 0 Å². The highest BCUT2D eigenvalue weighted by Gasteiger charge is 2.35. The summed E-state index contributed by atoms with van der Waals surface area (Å²) in [5.41, 5.74) is 1.32. The molecule has 5 aromatic heterocycles. The molecule has 0 N–H and O–H groups in total. The van der Waals surface area contributed by atoms with Crippen LogP contribution in [0.2, 0.25) is 0 Å². The first-order chi connectivity index (χ1) is 48.7. The van der Waals surface area contributed by atoms with E-state index in [1.807, 2.05) is 159 Å². The van der Waals surface area contributed by atoms with Crippen LogP contribution in [0.15, 0.2) is 254 Å². The highest BCUT2D eigenvalue weighted by atomic mass is 32.1. The highest BCUT2D eigenvalue weighted by molar-refractivity contribution is 7.26. The third-order valence-corrected chi connectivity index (χ3v) is 17.3. The standard InChI is InChI=1S/C76H42N6S/c77-43-61-71(79-63-30-12-5-23-50(63)51-24-6-13-31-64(51)79)72(80-65-32-14-7-25-52(65)53-26-8-15-33-66(53)80)62(44-78)74(73(61)81-67-34-16-9-27-54(67)55-28-10-17-35-68(55)81)82-69-42-46(60-41-45-19-1-2-20-47(45)48-21-3-4-22-49(48)60)37-38-56(69)58-39-40-59-57-29-11-18-36-70(57)83-76(59)75(58)82/h1-42H/i1D,2D,3D,4D,11D,18D,19D,20D,21D,22D,29D,36D,37D,38D,39D,40D,41D,42D. The molecule has 0 bridgehead atoms. The molecule has 0 amide bonds. The van der Waals surface area contributed by atoms with Crippen molar-refractivity contribution in [2.45, 2.75) is 0 Å². The van der Waals surface area contributed by atoms with Crippen molar-refractivity contribution in [1.29, 1.82) is 10.5 Å². The van der Waals surface area contributed by atoms with Gasteiger partial charge in [0, 0.05) is 58.6 Å². The van der Waals surface area contributed by atoms with Gasteiger partial charge in [-0.3, -0.25) is 0 Å². The molecule has 0 aliphatic rings. The molecule has 13 aromatic carbocycles. The number of nitrogens with zero attached hydrogens (tertiary/aromatic N) is 6. The zero-order valence-corrected chi connectivity index (χ0v) is 43.8. The molecule has 0 unspecified atom stereocenters. The van der Waals surface area contributed by atoms with Crippen LogP contribution in [0.5, 0.6) is 0 Å². The van der Waals surface area contributed by atoms with Gasteiger partial charge in [0.15, 0.2) is 0 Å². The van der Waals surface area contributed by atoms with E-state index in [2.05, 4.69) is 12.1 Å². The maximum atomic E-state index is 13.3. The maximum absolute atomic E-state index is 13.3. The van der Waals surface area contributed by atoms with E-state index < -0.39 is 147 Å². The van der Waals surface area contributed by atoms with Crippen molar-refractivity contribution in [3.63, 3.8) is 0 Å². The Morgan fingerprint density at radius 1 is 0.325 bits per heavy atom. The van der Waals surface area contributed by atoms with Crippen LogP contribution in [0.1, 0.15) is 35.8 Å². The van der Waals surface area contributed by atoms with Gasteiger partial charge in [0.1, 0.15) is 23.3 Å². The minimum atomic E-state index is -0.862. The number of aromatic nitrogens is 4. The van der Waals surface area contributed by atoms with E-state index in [-0.39, 0.29) is 70.3 Å². The van der Waals surface area contributed by atoms with Crippen molar-refractivity contribution in [2.75, 3.05) is 0 Å². The lowest BCUT2D eigenvalue weighted by Gasteiger charge is -2.27. The number of hydrogen-bond donors (Lipinski definition) is 0. The second-order valence-corrected chi connectivity index (χ2v) is 21.3. The zero-order chi connectivity index (χ0) is 70.3. The Labute approximate surface area is 503 Å². The molecule has 0 saturated carbocycles. The van der Waals surface area contributed by atoms with Crippen LogP contribution in [0, 0.1) is 22.7 Å². The molecule has 0 radical (unpaired) electrons. The number of rotatable bonds is 5. The van der Waals surface area contributed by atoms with Crippen LogP contribution in [0.4, 0.5) is 0 Å². The average molecular weight is 1090 g/mol. The molecule has 0 spiro atoms. The molecule has 5 heterocycles. The Balaban J connectivity index is 1.20. The Morgan fingerprint density at radius 3 is 1.22 bits per heavy atom. The van der Waals surface area contributed by atoms with Crippen LogP contribution >= 0.6 is 11.3 Å². The lowest BCUT2D eigenvalue weighted by molar-refractivity contribution is 1.03. The molecule has 382 valence electrons. The smallest absolute Gasteiger partial charge is 0.104 e. The second-order valence-electron chi connectivity index (χ2n) is 20.3. The van der Waals surface area contributed by atoms with E-state index in [4.69, 9.17) is 8.22 Å². The zero-order valence-electron chi connectivity index (χ0n) is 60.9.